The number of benzene rings is 1. The third-order valence-electron chi connectivity index (χ3n) is 3.98. The molecule has 1 heterocycles. The van der Waals surface area contributed by atoms with Gasteiger partial charge in [0.2, 0.25) is 0 Å². The van der Waals surface area contributed by atoms with Crippen LogP contribution < -0.4 is 10.9 Å². The molecule has 1 amide bonds. The fourth-order valence-corrected chi connectivity index (χ4v) is 2.47. The maximum Gasteiger partial charge on any atom is 0.326 e. The van der Waals surface area contributed by atoms with Gasteiger partial charge in [0.1, 0.15) is 23.2 Å². The molecule has 2 N–H and O–H groups in total. The van der Waals surface area contributed by atoms with Gasteiger partial charge in [-0.25, -0.2) is 9.18 Å². The first-order valence-electron chi connectivity index (χ1n) is 7.84. The summed E-state index contributed by atoms with van der Waals surface area (Å²) in [5.41, 5.74) is -0.853. The van der Waals surface area contributed by atoms with E-state index in [1.165, 1.54) is 30.3 Å². The lowest BCUT2D eigenvalue weighted by molar-refractivity contribution is -0.139. The van der Waals surface area contributed by atoms with Gasteiger partial charge in [-0.05, 0) is 30.5 Å². The molecule has 7 nitrogen and oxygen atoms in total. The number of hydrogen-bond donors (Lipinski definition) is 2. The first-order chi connectivity index (χ1) is 12.0. The Morgan fingerprint density at radius 1 is 1.28 bits per heavy atom. The Morgan fingerprint density at radius 3 is 2.64 bits per heavy atom. The van der Waals surface area contributed by atoms with Crippen LogP contribution in [-0.2, 0) is 4.79 Å². The fourth-order valence-electron chi connectivity index (χ4n) is 2.47. The van der Waals surface area contributed by atoms with Gasteiger partial charge in [0.15, 0.2) is 0 Å². The summed E-state index contributed by atoms with van der Waals surface area (Å²) in [4.78, 5) is 35.5. The number of carbonyl (C=O) groups excluding carboxylic acids is 1. The van der Waals surface area contributed by atoms with E-state index in [1.54, 1.807) is 0 Å². The van der Waals surface area contributed by atoms with Gasteiger partial charge >= 0.3 is 5.97 Å². The highest BCUT2D eigenvalue weighted by molar-refractivity contribution is 5.94. The predicted octanol–water partition coefficient (Wildman–Crippen LogP) is 1.35. The third-order valence-corrected chi connectivity index (χ3v) is 3.98. The maximum absolute atomic E-state index is 13.9. The Morgan fingerprint density at radius 2 is 2.00 bits per heavy atom. The van der Waals surface area contributed by atoms with Gasteiger partial charge in [-0.1, -0.05) is 25.0 Å². The Labute approximate surface area is 142 Å². The number of carboxylic acids is 1. The van der Waals surface area contributed by atoms with Crippen molar-refractivity contribution in [3.63, 3.8) is 0 Å². The van der Waals surface area contributed by atoms with Gasteiger partial charge in [-0.15, -0.1) is 0 Å². The molecular formula is C17H16FN3O4. The molecule has 1 saturated carbocycles. The molecule has 1 aromatic heterocycles. The minimum absolute atomic E-state index is 0.0880. The van der Waals surface area contributed by atoms with Crippen molar-refractivity contribution in [2.45, 2.75) is 25.3 Å². The maximum atomic E-state index is 13.9. The average molecular weight is 345 g/mol. The standard InChI is InChI=1S/C17H16FN3O4/c18-11-3-1-2-4-14(11)21-15(22)8-7-12(20-21)16(23)19-13(17(24)25)9-10-5-6-10/h1-4,7-8,10,13H,5-6,9H2,(H,19,23)(H,24,25). The van der Waals surface area contributed by atoms with E-state index < -0.39 is 29.3 Å². The summed E-state index contributed by atoms with van der Waals surface area (Å²) >= 11 is 0. The van der Waals surface area contributed by atoms with Crippen molar-refractivity contribution in [2.75, 3.05) is 0 Å². The summed E-state index contributed by atoms with van der Waals surface area (Å²) in [6, 6.07) is 6.79. The van der Waals surface area contributed by atoms with Crippen LogP contribution in [0.25, 0.3) is 5.69 Å². The first kappa shape index (κ1) is 16.8. The first-order valence-corrected chi connectivity index (χ1v) is 7.84. The van der Waals surface area contributed by atoms with Crippen LogP contribution in [0.15, 0.2) is 41.2 Å². The number of rotatable bonds is 6. The van der Waals surface area contributed by atoms with Crippen molar-refractivity contribution in [3.8, 4) is 5.69 Å². The molecule has 0 radical (unpaired) electrons. The second kappa shape index (κ2) is 6.84. The predicted molar refractivity (Wildman–Crippen MR) is 86.0 cm³/mol. The second-order valence-corrected chi connectivity index (χ2v) is 5.96. The minimum atomic E-state index is -1.12. The zero-order valence-electron chi connectivity index (χ0n) is 13.2. The van der Waals surface area contributed by atoms with E-state index in [-0.39, 0.29) is 11.4 Å². The number of hydrogen-bond acceptors (Lipinski definition) is 4. The number of nitrogens with zero attached hydrogens (tertiary/aromatic N) is 2. The van der Waals surface area contributed by atoms with E-state index in [1.807, 2.05) is 0 Å². The van der Waals surface area contributed by atoms with Crippen molar-refractivity contribution >= 4 is 11.9 Å². The van der Waals surface area contributed by atoms with Crippen molar-refractivity contribution in [3.05, 3.63) is 58.3 Å². The molecule has 1 aromatic carbocycles. The fraction of sp³-hybridized carbons (Fsp3) is 0.294. The molecule has 1 aliphatic carbocycles. The van der Waals surface area contributed by atoms with Crippen LogP contribution in [0.3, 0.4) is 0 Å². The molecule has 130 valence electrons. The van der Waals surface area contributed by atoms with Crippen LogP contribution in [0.5, 0.6) is 0 Å². The van der Waals surface area contributed by atoms with Crippen LogP contribution in [0.1, 0.15) is 29.8 Å². The molecule has 0 bridgehead atoms. The van der Waals surface area contributed by atoms with E-state index in [2.05, 4.69) is 10.4 Å². The molecule has 0 saturated heterocycles. The summed E-state index contributed by atoms with van der Waals surface area (Å²) in [7, 11) is 0. The van der Waals surface area contributed by atoms with E-state index in [0.717, 1.165) is 23.6 Å². The Hall–Kier alpha value is -3.03. The van der Waals surface area contributed by atoms with E-state index in [9.17, 15) is 23.9 Å². The molecule has 0 spiro atoms. The molecule has 0 aliphatic heterocycles. The van der Waals surface area contributed by atoms with Gasteiger partial charge in [0, 0.05) is 6.07 Å². The molecule has 8 heteroatoms. The van der Waals surface area contributed by atoms with Crippen LogP contribution in [-0.4, -0.2) is 32.8 Å². The summed E-state index contributed by atoms with van der Waals surface area (Å²) in [6.45, 7) is 0. The molecule has 3 rings (SSSR count). The Balaban J connectivity index is 1.86. The highest BCUT2D eigenvalue weighted by Crippen LogP contribution is 2.33. The SMILES string of the molecule is O=C(NC(CC1CC1)C(=O)O)c1ccc(=O)n(-c2ccccc2F)n1. The van der Waals surface area contributed by atoms with Crippen LogP contribution in [0.4, 0.5) is 4.39 Å². The van der Waals surface area contributed by atoms with Gasteiger partial charge in [0.05, 0.1) is 0 Å². The molecule has 1 fully saturated rings. The Bertz CT molecular complexity index is 876. The zero-order chi connectivity index (χ0) is 18.0. The van der Waals surface area contributed by atoms with Gasteiger partial charge < -0.3 is 10.4 Å². The van der Waals surface area contributed by atoms with Gasteiger partial charge in [0.25, 0.3) is 11.5 Å². The van der Waals surface area contributed by atoms with Crippen LogP contribution >= 0.6 is 0 Å². The number of carbonyl (C=O) groups is 2. The van der Waals surface area contributed by atoms with Gasteiger partial charge in [-0.3, -0.25) is 9.59 Å². The lowest BCUT2D eigenvalue weighted by Gasteiger charge is -2.14. The minimum Gasteiger partial charge on any atom is -0.480 e. The van der Waals surface area contributed by atoms with Gasteiger partial charge in [-0.2, -0.15) is 9.78 Å². The monoisotopic (exact) mass is 345 g/mol. The number of aromatic nitrogens is 2. The highest BCUT2D eigenvalue weighted by atomic mass is 19.1. The van der Waals surface area contributed by atoms with E-state index in [4.69, 9.17) is 0 Å². The van der Waals surface area contributed by atoms with Crippen molar-refractivity contribution in [2.24, 2.45) is 5.92 Å². The number of aliphatic carboxylic acids is 1. The molecule has 25 heavy (non-hydrogen) atoms. The largest absolute Gasteiger partial charge is 0.480 e. The molecule has 2 aromatic rings. The summed E-state index contributed by atoms with van der Waals surface area (Å²) in [5.74, 6) is -2.20. The molecular weight excluding hydrogens is 329 g/mol. The highest BCUT2D eigenvalue weighted by Gasteiger charge is 2.30. The number of para-hydroxylation sites is 1. The Kier molecular flexibility index (Phi) is 4.60. The normalized spacial score (nSPS) is 14.8. The van der Waals surface area contributed by atoms with Crippen LogP contribution in [0.2, 0.25) is 0 Å². The van der Waals surface area contributed by atoms with Crippen molar-refractivity contribution in [1.29, 1.82) is 0 Å². The lowest BCUT2D eigenvalue weighted by Crippen LogP contribution is -2.42. The van der Waals surface area contributed by atoms with E-state index >= 15 is 0 Å². The molecule has 1 aliphatic rings. The average Bonchev–Trinajstić information content (AvgIpc) is 3.39. The molecule has 1 atom stereocenters. The summed E-state index contributed by atoms with van der Waals surface area (Å²) in [6.07, 6.45) is 2.26. The van der Waals surface area contributed by atoms with Crippen molar-refractivity contribution < 1.29 is 19.1 Å². The molecule has 1 unspecified atom stereocenters. The lowest BCUT2D eigenvalue weighted by atomic mass is 10.1. The summed E-state index contributed by atoms with van der Waals surface area (Å²) < 4.78 is 14.7. The number of amides is 1. The summed E-state index contributed by atoms with van der Waals surface area (Å²) in [5, 5.41) is 15.5. The third kappa shape index (κ3) is 3.90. The number of nitrogens with one attached hydrogen (secondary N) is 1. The van der Waals surface area contributed by atoms with E-state index in [0.29, 0.717) is 12.3 Å². The number of halogens is 1. The quantitative estimate of drug-likeness (QED) is 0.823. The van der Waals surface area contributed by atoms with Crippen LogP contribution in [0, 0.1) is 11.7 Å². The topological polar surface area (TPSA) is 101 Å². The van der Waals surface area contributed by atoms with Crippen molar-refractivity contribution in [1.82, 2.24) is 15.1 Å². The smallest absolute Gasteiger partial charge is 0.326 e. The number of carboxylic acid groups (broad SMARTS) is 1. The zero-order valence-corrected chi connectivity index (χ0v) is 13.2. The second-order valence-electron chi connectivity index (χ2n) is 5.96.